The van der Waals surface area contributed by atoms with Crippen molar-refractivity contribution < 1.29 is 0 Å². The van der Waals surface area contributed by atoms with Crippen molar-refractivity contribution in [3.63, 3.8) is 0 Å². The normalized spacial score (nSPS) is 20.8. The molecule has 17 heavy (non-hydrogen) atoms. The van der Waals surface area contributed by atoms with Crippen LogP contribution >= 0.6 is 0 Å². The number of rotatable bonds is 6. The van der Waals surface area contributed by atoms with Gasteiger partial charge in [-0.25, -0.2) is 0 Å². The van der Waals surface area contributed by atoms with Crippen LogP contribution in [-0.4, -0.2) is 30.6 Å². The second-order valence-corrected chi connectivity index (χ2v) is 6.60. The molecule has 2 N–H and O–H groups in total. The van der Waals surface area contributed by atoms with Gasteiger partial charge < -0.3 is 10.6 Å². The Kier molecular flexibility index (Phi) is 5.46. The summed E-state index contributed by atoms with van der Waals surface area (Å²) in [5.74, 6) is 0. The first kappa shape index (κ1) is 15.0. The van der Waals surface area contributed by atoms with Crippen molar-refractivity contribution in [3.05, 3.63) is 0 Å². The van der Waals surface area contributed by atoms with E-state index in [0.29, 0.717) is 11.0 Å². The molecule has 0 spiro atoms. The Morgan fingerprint density at radius 1 is 1.18 bits per heavy atom. The summed E-state index contributed by atoms with van der Waals surface area (Å²) in [4.78, 5) is 2.51. The van der Waals surface area contributed by atoms with E-state index in [2.05, 4.69) is 32.7 Å². The molecule has 2 heteroatoms. The maximum Gasteiger partial charge on any atom is 0.0147 e. The van der Waals surface area contributed by atoms with Gasteiger partial charge in [0.05, 0.1) is 0 Å². The van der Waals surface area contributed by atoms with Gasteiger partial charge in [-0.15, -0.1) is 0 Å². The van der Waals surface area contributed by atoms with E-state index < -0.39 is 0 Å². The molecule has 0 aromatic carbocycles. The van der Waals surface area contributed by atoms with Gasteiger partial charge in [0.25, 0.3) is 0 Å². The lowest BCUT2D eigenvalue weighted by Gasteiger charge is -2.41. The minimum atomic E-state index is 0.324. The molecule has 0 aromatic rings. The van der Waals surface area contributed by atoms with Crippen molar-refractivity contribution in [2.24, 2.45) is 11.1 Å². The van der Waals surface area contributed by atoms with Gasteiger partial charge in [-0.1, -0.05) is 26.2 Å². The summed E-state index contributed by atoms with van der Waals surface area (Å²) >= 11 is 0. The molecule has 1 aliphatic carbocycles. The van der Waals surface area contributed by atoms with Crippen LogP contribution in [0.3, 0.4) is 0 Å². The summed E-state index contributed by atoms with van der Waals surface area (Å²) in [5, 5.41) is 0. The Morgan fingerprint density at radius 3 is 2.24 bits per heavy atom. The van der Waals surface area contributed by atoms with Gasteiger partial charge in [-0.2, -0.15) is 0 Å². The molecule has 0 saturated heterocycles. The van der Waals surface area contributed by atoms with Crippen LogP contribution in [0.25, 0.3) is 0 Å². The molecule has 102 valence electrons. The zero-order valence-corrected chi connectivity index (χ0v) is 12.4. The van der Waals surface area contributed by atoms with E-state index in [4.69, 9.17) is 5.73 Å². The van der Waals surface area contributed by atoms with Crippen molar-refractivity contribution in [3.8, 4) is 0 Å². The summed E-state index contributed by atoms with van der Waals surface area (Å²) in [6.07, 6.45) is 9.38. The standard InChI is InChI=1S/C15H32N2/c1-5-14(2,3)17(4)12-11-15(13-16)9-7-6-8-10-15/h5-13,16H2,1-4H3. The second-order valence-electron chi connectivity index (χ2n) is 6.60. The molecule has 1 fully saturated rings. The molecule has 1 aliphatic rings. The summed E-state index contributed by atoms with van der Waals surface area (Å²) < 4.78 is 0. The summed E-state index contributed by atoms with van der Waals surface area (Å²) in [5.41, 5.74) is 6.83. The average molecular weight is 240 g/mol. The highest BCUT2D eigenvalue weighted by atomic mass is 15.2. The lowest BCUT2D eigenvalue weighted by atomic mass is 9.71. The van der Waals surface area contributed by atoms with Gasteiger partial charge in [0, 0.05) is 5.54 Å². The first-order valence-electron chi connectivity index (χ1n) is 7.37. The highest BCUT2D eigenvalue weighted by molar-refractivity contribution is 4.86. The Hall–Kier alpha value is -0.0800. The quantitative estimate of drug-likeness (QED) is 0.771. The van der Waals surface area contributed by atoms with Crippen LogP contribution in [-0.2, 0) is 0 Å². The highest BCUT2D eigenvalue weighted by Crippen LogP contribution is 2.38. The lowest BCUT2D eigenvalue weighted by Crippen LogP contribution is -2.44. The van der Waals surface area contributed by atoms with Crippen LogP contribution in [0.2, 0.25) is 0 Å². The fourth-order valence-electron chi connectivity index (χ4n) is 2.84. The zero-order valence-electron chi connectivity index (χ0n) is 12.4. The maximum atomic E-state index is 6.05. The second kappa shape index (κ2) is 6.19. The van der Waals surface area contributed by atoms with Crippen molar-refractivity contribution >= 4 is 0 Å². The molecule has 0 heterocycles. The number of hydrogen-bond donors (Lipinski definition) is 1. The largest absolute Gasteiger partial charge is 0.330 e. The van der Waals surface area contributed by atoms with E-state index in [1.807, 2.05) is 0 Å². The monoisotopic (exact) mass is 240 g/mol. The predicted molar refractivity (Wildman–Crippen MR) is 76.2 cm³/mol. The Balaban J connectivity index is 2.47. The van der Waals surface area contributed by atoms with Crippen LogP contribution in [0.5, 0.6) is 0 Å². The zero-order chi connectivity index (χ0) is 12.9. The van der Waals surface area contributed by atoms with Gasteiger partial charge in [0.1, 0.15) is 0 Å². The minimum absolute atomic E-state index is 0.324. The smallest absolute Gasteiger partial charge is 0.0147 e. The molecular weight excluding hydrogens is 208 g/mol. The van der Waals surface area contributed by atoms with E-state index in [0.717, 1.165) is 6.54 Å². The third-order valence-corrected chi connectivity index (χ3v) is 5.22. The van der Waals surface area contributed by atoms with E-state index >= 15 is 0 Å². The highest BCUT2D eigenvalue weighted by Gasteiger charge is 2.31. The number of nitrogens with zero attached hydrogens (tertiary/aromatic N) is 1. The van der Waals surface area contributed by atoms with Gasteiger partial charge in [0.2, 0.25) is 0 Å². The van der Waals surface area contributed by atoms with Crippen molar-refractivity contribution in [1.29, 1.82) is 0 Å². The van der Waals surface area contributed by atoms with Crippen LogP contribution in [0.15, 0.2) is 0 Å². The van der Waals surface area contributed by atoms with E-state index in [-0.39, 0.29) is 0 Å². The van der Waals surface area contributed by atoms with Crippen LogP contribution in [0, 0.1) is 5.41 Å². The maximum absolute atomic E-state index is 6.05. The Bertz CT molecular complexity index is 217. The molecular formula is C15H32N2. The third kappa shape index (κ3) is 3.96. The predicted octanol–water partition coefficient (Wildman–Crippen LogP) is 3.41. The molecule has 1 saturated carbocycles. The minimum Gasteiger partial charge on any atom is -0.330 e. The third-order valence-electron chi connectivity index (χ3n) is 5.22. The molecule has 0 amide bonds. The summed E-state index contributed by atoms with van der Waals surface area (Å²) in [7, 11) is 2.26. The molecule has 0 unspecified atom stereocenters. The lowest BCUT2D eigenvalue weighted by molar-refractivity contribution is 0.103. The van der Waals surface area contributed by atoms with Gasteiger partial charge in [-0.05, 0) is 65.1 Å². The summed E-state index contributed by atoms with van der Waals surface area (Å²) in [6, 6.07) is 0. The fourth-order valence-corrected chi connectivity index (χ4v) is 2.84. The van der Waals surface area contributed by atoms with Crippen LogP contribution in [0.1, 0.15) is 65.7 Å². The fraction of sp³-hybridized carbons (Fsp3) is 1.00. The van der Waals surface area contributed by atoms with E-state index in [1.165, 1.54) is 51.5 Å². The molecule has 1 rings (SSSR count). The molecule has 0 aliphatic heterocycles. The average Bonchev–Trinajstić information content (AvgIpc) is 2.37. The topological polar surface area (TPSA) is 29.3 Å². The molecule has 0 radical (unpaired) electrons. The van der Waals surface area contributed by atoms with Gasteiger partial charge in [-0.3, -0.25) is 0 Å². The first-order chi connectivity index (χ1) is 7.96. The van der Waals surface area contributed by atoms with Gasteiger partial charge >= 0.3 is 0 Å². The van der Waals surface area contributed by atoms with Crippen molar-refractivity contribution in [1.82, 2.24) is 4.90 Å². The van der Waals surface area contributed by atoms with Crippen molar-refractivity contribution in [2.75, 3.05) is 20.1 Å². The molecule has 0 aromatic heterocycles. The molecule has 2 nitrogen and oxygen atoms in total. The van der Waals surface area contributed by atoms with Crippen LogP contribution < -0.4 is 5.73 Å². The molecule has 0 atom stereocenters. The Labute approximate surface area is 108 Å². The van der Waals surface area contributed by atoms with E-state index in [1.54, 1.807) is 0 Å². The van der Waals surface area contributed by atoms with Crippen molar-refractivity contribution in [2.45, 2.75) is 71.3 Å². The number of hydrogen-bond acceptors (Lipinski definition) is 2. The SMILES string of the molecule is CCC(C)(C)N(C)CCC1(CN)CCCCC1. The van der Waals surface area contributed by atoms with E-state index in [9.17, 15) is 0 Å². The Morgan fingerprint density at radius 2 is 1.76 bits per heavy atom. The first-order valence-corrected chi connectivity index (χ1v) is 7.37. The summed E-state index contributed by atoms with van der Waals surface area (Å²) in [6.45, 7) is 9.02. The number of nitrogens with two attached hydrogens (primary N) is 1. The molecule has 0 bridgehead atoms. The van der Waals surface area contributed by atoms with Crippen LogP contribution in [0.4, 0.5) is 0 Å². The van der Waals surface area contributed by atoms with Gasteiger partial charge in [0.15, 0.2) is 0 Å².